The molecule has 250 valence electrons. The molecular formula is C30H54N2O11. The molecule has 0 aromatic rings. The Kier molecular flexibility index (Phi) is 15.6. The number of hydrogen-bond donors (Lipinski definition) is 2. The van der Waals surface area contributed by atoms with E-state index in [1.807, 2.05) is 20.8 Å². The number of esters is 4. The molecule has 0 aromatic heterocycles. The Hall–Kier alpha value is -3.22. The van der Waals surface area contributed by atoms with Gasteiger partial charge >= 0.3 is 36.1 Å². The summed E-state index contributed by atoms with van der Waals surface area (Å²) in [6.07, 6.45) is -1.52. The first-order chi connectivity index (χ1) is 18.8. The maximum atomic E-state index is 12.2. The highest BCUT2D eigenvalue weighted by molar-refractivity contribution is 5.92. The molecule has 2 N–H and O–H groups in total. The number of carbonyl (C=O) groups is 6. The lowest BCUT2D eigenvalue weighted by molar-refractivity contribution is -0.169. The minimum atomic E-state index is -1.15. The SMILES string of the molecule is CC(C)(C)OC[C@H](NC(=O)OC(C)(C)C)C(=O)OC(=O)C(C)(C)C.C[C@H](NC(=O)OC(C)(C)C)C(=O)OC(=O)C(C)(C)C. The average molecular weight is 619 g/mol. The van der Waals surface area contributed by atoms with Gasteiger partial charge in [0.2, 0.25) is 0 Å². The van der Waals surface area contributed by atoms with Crippen molar-refractivity contribution in [3.8, 4) is 0 Å². The molecule has 0 bridgehead atoms. The lowest BCUT2D eigenvalue weighted by Crippen LogP contribution is -2.49. The monoisotopic (exact) mass is 618 g/mol. The molecule has 0 fully saturated rings. The quantitative estimate of drug-likeness (QED) is 0.237. The van der Waals surface area contributed by atoms with Crippen molar-refractivity contribution in [1.29, 1.82) is 0 Å². The summed E-state index contributed by atoms with van der Waals surface area (Å²) in [6.45, 7) is 26.7. The van der Waals surface area contributed by atoms with Gasteiger partial charge in [-0.25, -0.2) is 19.2 Å². The van der Waals surface area contributed by atoms with Gasteiger partial charge in [0.25, 0.3) is 0 Å². The van der Waals surface area contributed by atoms with Crippen molar-refractivity contribution in [2.24, 2.45) is 10.8 Å². The summed E-state index contributed by atoms with van der Waals surface area (Å²) in [7, 11) is 0. The molecule has 0 aromatic carbocycles. The average Bonchev–Trinajstić information content (AvgIpc) is 2.72. The summed E-state index contributed by atoms with van der Waals surface area (Å²) >= 11 is 0. The van der Waals surface area contributed by atoms with Crippen LogP contribution in [0.3, 0.4) is 0 Å². The van der Waals surface area contributed by atoms with Crippen LogP contribution in [0.2, 0.25) is 0 Å². The van der Waals surface area contributed by atoms with Crippen molar-refractivity contribution in [3.63, 3.8) is 0 Å². The van der Waals surface area contributed by atoms with E-state index in [1.54, 1.807) is 83.1 Å². The van der Waals surface area contributed by atoms with Gasteiger partial charge in [0.1, 0.15) is 17.2 Å². The van der Waals surface area contributed by atoms with Gasteiger partial charge < -0.3 is 34.3 Å². The molecule has 2 atom stereocenters. The van der Waals surface area contributed by atoms with Crippen LogP contribution in [0.1, 0.15) is 111 Å². The van der Waals surface area contributed by atoms with E-state index in [2.05, 4.69) is 15.4 Å². The van der Waals surface area contributed by atoms with Gasteiger partial charge in [-0.15, -0.1) is 0 Å². The Balaban J connectivity index is 0. The molecule has 13 heteroatoms. The first kappa shape index (κ1) is 41.9. The largest absolute Gasteiger partial charge is 0.444 e. The summed E-state index contributed by atoms with van der Waals surface area (Å²) in [4.78, 5) is 70.5. The molecule has 0 aliphatic rings. The molecule has 0 heterocycles. The lowest BCUT2D eigenvalue weighted by Gasteiger charge is -2.26. The Morgan fingerprint density at radius 1 is 0.535 bits per heavy atom. The third-order valence-corrected chi connectivity index (χ3v) is 4.36. The predicted molar refractivity (Wildman–Crippen MR) is 159 cm³/mol. The summed E-state index contributed by atoms with van der Waals surface area (Å²) in [5.74, 6) is -3.02. The Labute approximate surface area is 256 Å². The van der Waals surface area contributed by atoms with Crippen LogP contribution in [0, 0.1) is 10.8 Å². The first-order valence-corrected chi connectivity index (χ1v) is 14.0. The third-order valence-electron chi connectivity index (χ3n) is 4.36. The fourth-order valence-electron chi connectivity index (χ4n) is 2.14. The highest BCUT2D eigenvalue weighted by Crippen LogP contribution is 2.17. The molecule has 0 aliphatic heterocycles. The molecule has 0 saturated carbocycles. The smallest absolute Gasteiger partial charge is 0.408 e. The van der Waals surface area contributed by atoms with E-state index in [0.717, 1.165) is 0 Å². The maximum absolute atomic E-state index is 12.2. The molecule has 0 aliphatic carbocycles. The standard InChI is InChI=1S/C17H31NO6.C13H23NO5/c1-15(2,3)13(20)23-12(19)11(10-22-16(4,5)6)18-14(21)24-17(7,8)9;1-8(14-11(17)19-13(5,6)7)9(15)18-10(16)12(2,3)4/h11H,10H2,1-9H3,(H,18,21);8H,1-7H3,(H,14,17)/t11-;8-/m00/s1. The van der Waals surface area contributed by atoms with Gasteiger partial charge in [-0.3, -0.25) is 9.59 Å². The van der Waals surface area contributed by atoms with E-state index in [4.69, 9.17) is 18.9 Å². The van der Waals surface area contributed by atoms with E-state index in [-0.39, 0.29) is 6.61 Å². The van der Waals surface area contributed by atoms with E-state index in [9.17, 15) is 28.8 Å². The van der Waals surface area contributed by atoms with E-state index < -0.39 is 75.8 Å². The molecule has 43 heavy (non-hydrogen) atoms. The molecule has 0 unspecified atom stereocenters. The summed E-state index contributed by atoms with van der Waals surface area (Å²) in [5, 5.41) is 4.69. The summed E-state index contributed by atoms with van der Waals surface area (Å²) < 4.78 is 25.1. The van der Waals surface area contributed by atoms with Gasteiger partial charge in [-0.1, -0.05) is 0 Å². The van der Waals surface area contributed by atoms with Crippen molar-refractivity contribution in [1.82, 2.24) is 10.6 Å². The highest BCUT2D eigenvalue weighted by atomic mass is 16.6. The van der Waals surface area contributed by atoms with Gasteiger partial charge in [0.05, 0.1) is 23.0 Å². The molecule has 0 radical (unpaired) electrons. The zero-order valence-electron chi connectivity index (χ0n) is 28.9. The molecule has 0 saturated heterocycles. The predicted octanol–water partition coefficient (Wildman–Crippen LogP) is 4.83. The fourth-order valence-corrected chi connectivity index (χ4v) is 2.14. The second-order valence-electron chi connectivity index (χ2n) is 14.9. The lowest BCUT2D eigenvalue weighted by atomic mass is 9.97. The van der Waals surface area contributed by atoms with E-state index in [1.165, 1.54) is 6.92 Å². The minimum absolute atomic E-state index is 0.140. The van der Waals surface area contributed by atoms with Crippen LogP contribution in [0.25, 0.3) is 0 Å². The number of ether oxygens (including phenoxy) is 5. The van der Waals surface area contributed by atoms with Crippen LogP contribution >= 0.6 is 0 Å². The molecular weight excluding hydrogens is 564 g/mol. The molecule has 0 rings (SSSR count). The van der Waals surface area contributed by atoms with Crippen molar-refractivity contribution in [2.75, 3.05) is 6.61 Å². The number of amides is 2. The van der Waals surface area contributed by atoms with Crippen molar-refractivity contribution in [2.45, 2.75) is 140 Å². The number of rotatable bonds is 6. The zero-order valence-corrected chi connectivity index (χ0v) is 28.9. The number of nitrogens with one attached hydrogen (secondary N) is 2. The number of hydrogen-bond acceptors (Lipinski definition) is 11. The van der Waals surface area contributed by atoms with Gasteiger partial charge in [0.15, 0.2) is 6.04 Å². The number of alkyl carbamates (subject to hydrolysis) is 2. The summed E-state index contributed by atoms with van der Waals surface area (Å²) in [5.41, 5.74) is -3.51. The first-order valence-electron chi connectivity index (χ1n) is 14.0. The molecule has 2 amide bonds. The zero-order chi connectivity index (χ0) is 34.8. The van der Waals surface area contributed by atoms with Crippen LogP contribution in [0.5, 0.6) is 0 Å². The van der Waals surface area contributed by atoms with Crippen LogP contribution in [-0.2, 0) is 42.9 Å². The maximum Gasteiger partial charge on any atom is 0.408 e. The van der Waals surface area contributed by atoms with Crippen molar-refractivity contribution in [3.05, 3.63) is 0 Å². The topological polar surface area (TPSA) is 173 Å². The minimum Gasteiger partial charge on any atom is -0.444 e. The van der Waals surface area contributed by atoms with Gasteiger partial charge in [-0.05, 0) is 111 Å². The van der Waals surface area contributed by atoms with Crippen LogP contribution in [-0.4, -0.2) is 71.6 Å². The Morgan fingerprint density at radius 2 is 0.884 bits per heavy atom. The van der Waals surface area contributed by atoms with Gasteiger partial charge in [-0.2, -0.15) is 0 Å². The molecule has 0 spiro atoms. The van der Waals surface area contributed by atoms with E-state index in [0.29, 0.717) is 0 Å². The Bertz CT molecular complexity index is 986. The van der Waals surface area contributed by atoms with Crippen LogP contribution in [0.4, 0.5) is 9.59 Å². The van der Waals surface area contributed by atoms with Crippen molar-refractivity contribution < 1.29 is 52.5 Å². The van der Waals surface area contributed by atoms with Gasteiger partial charge in [0, 0.05) is 0 Å². The van der Waals surface area contributed by atoms with Crippen molar-refractivity contribution >= 4 is 36.1 Å². The third kappa shape index (κ3) is 22.0. The van der Waals surface area contributed by atoms with E-state index >= 15 is 0 Å². The Morgan fingerprint density at radius 3 is 1.21 bits per heavy atom. The highest BCUT2D eigenvalue weighted by Gasteiger charge is 2.33. The molecule has 13 nitrogen and oxygen atoms in total. The van der Waals surface area contributed by atoms with Crippen LogP contribution in [0.15, 0.2) is 0 Å². The summed E-state index contributed by atoms with van der Waals surface area (Å²) in [6, 6.07) is -2.11. The number of carbonyl (C=O) groups excluding carboxylic acids is 6. The second-order valence-corrected chi connectivity index (χ2v) is 14.9. The second kappa shape index (κ2) is 16.0. The fraction of sp³-hybridized carbons (Fsp3) is 0.800. The van der Waals surface area contributed by atoms with Crippen LogP contribution < -0.4 is 10.6 Å². The normalized spacial score (nSPS) is 13.7.